The van der Waals surface area contributed by atoms with Gasteiger partial charge in [-0.15, -0.1) is 16.4 Å². The van der Waals surface area contributed by atoms with Gasteiger partial charge >= 0.3 is 12.1 Å². The predicted molar refractivity (Wildman–Crippen MR) is 103 cm³/mol. The minimum absolute atomic E-state index is 0.0172. The quantitative estimate of drug-likeness (QED) is 0.406. The molecule has 0 fully saturated rings. The van der Waals surface area contributed by atoms with Gasteiger partial charge in [-0.1, -0.05) is 0 Å². The van der Waals surface area contributed by atoms with Crippen LogP contribution in [0.3, 0.4) is 0 Å². The van der Waals surface area contributed by atoms with E-state index in [2.05, 4.69) is 20.1 Å². The van der Waals surface area contributed by atoms with Crippen molar-refractivity contribution in [3.05, 3.63) is 52.2 Å². The summed E-state index contributed by atoms with van der Waals surface area (Å²) in [5.41, 5.74) is 2.15. The Morgan fingerprint density at radius 3 is 2.77 bits per heavy atom. The van der Waals surface area contributed by atoms with Crippen LogP contribution >= 0.6 is 11.3 Å². The maximum absolute atomic E-state index is 12.9. The number of thiazole rings is 1. The minimum atomic E-state index is -4.66. The van der Waals surface area contributed by atoms with Gasteiger partial charge < -0.3 is 9.15 Å². The van der Waals surface area contributed by atoms with Gasteiger partial charge in [0.1, 0.15) is 6.61 Å². The zero-order valence-electron chi connectivity index (χ0n) is 16.4. The van der Waals surface area contributed by atoms with Crippen LogP contribution in [0.4, 0.5) is 13.2 Å². The number of halogens is 3. The van der Waals surface area contributed by atoms with E-state index < -0.39 is 18.0 Å². The van der Waals surface area contributed by atoms with E-state index in [0.29, 0.717) is 33.4 Å². The van der Waals surface area contributed by atoms with Crippen molar-refractivity contribution in [3.63, 3.8) is 0 Å². The highest BCUT2D eigenvalue weighted by atomic mass is 32.1. The Kier molecular flexibility index (Phi) is 5.48. The van der Waals surface area contributed by atoms with Crippen LogP contribution < -0.4 is 0 Å². The monoisotopic (exact) mass is 451 g/mol. The van der Waals surface area contributed by atoms with E-state index in [1.54, 1.807) is 37.6 Å². The third-order valence-electron chi connectivity index (χ3n) is 4.55. The molecule has 0 unspecified atom stereocenters. The minimum Gasteiger partial charge on any atom is -0.462 e. The molecule has 8 nitrogen and oxygen atoms in total. The third-order valence-corrected chi connectivity index (χ3v) is 5.45. The van der Waals surface area contributed by atoms with Crippen LogP contribution in [0.1, 0.15) is 34.9 Å². The molecule has 0 aliphatic carbocycles. The van der Waals surface area contributed by atoms with Gasteiger partial charge in [0.2, 0.25) is 0 Å². The number of nitrogens with zero attached hydrogens (tertiary/aromatic N) is 5. The van der Waals surface area contributed by atoms with E-state index >= 15 is 0 Å². The van der Waals surface area contributed by atoms with Crippen LogP contribution in [-0.4, -0.2) is 30.5 Å². The molecule has 12 heteroatoms. The van der Waals surface area contributed by atoms with Gasteiger partial charge in [-0.05, 0) is 38.0 Å². The van der Waals surface area contributed by atoms with Crippen molar-refractivity contribution in [2.24, 2.45) is 0 Å². The average Bonchev–Trinajstić information content (AvgIpc) is 3.44. The summed E-state index contributed by atoms with van der Waals surface area (Å²) in [6.07, 6.45) is -2.83. The number of carbonyl (C=O) groups is 1. The molecule has 0 saturated heterocycles. The predicted octanol–water partition coefficient (Wildman–Crippen LogP) is 4.15. The fourth-order valence-corrected chi connectivity index (χ4v) is 3.80. The van der Waals surface area contributed by atoms with Crippen LogP contribution in [0.25, 0.3) is 16.5 Å². The number of esters is 1. The Balaban J connectivity index is 1.40. The number of hydrogen-bond donors (Lipinski definition) is 0. The first-order valence-corrected chi connectivity index (χ1v) is 10.0. The van der Waals surface area contributed by atoms with Gasteiger partial charge in [-0.3, -0.25) is 4.79 Å². The zero-order valence-corrected chi connectivity index (χ0v) is 17.3. The summed E-state index contributed by atoms with van der Waals surface area (Å²) in [6.45, 7) is 3.28. The summed E-state index contributed by atoms with van der Waals surface area (Å²) in [6, 6.07) is 3.55. The molecule has 4 heterocycles. The van der Waals surface area contributed by atoms with E-state index in [9.17, 15) is 18.0 Å². The number of hydrogen-bond acceptors (Lipinski definition) is 8. The Hall–Kier alpha value is -3.28. The molecule has 0 radical (unpaired) electrons. The first-order valence-electron chi connectivity index (χ1n) is 9.16. The number of rotatable bonds is 6. The van der Waals surface area contributed by atoms with Crippen molar-refractivity contribution in [3.8, 4) is 10.8 Å². The molecule has 0 aromatic carbocycles. The smallest absolute Gasteiger partial charge is 0.453 e. The molecule has 0 saturated carbocycles. The van der Waals surface area contributed by atoms with Crippen molar-refractivity contribution in [1.29, 1.82) is 0 Å². The number of alkyl halides is 3. The maximum Gasteiger partial charge on any atom is 0.453 e. The number of carbonyl (C=O) groups excluding carboxylic acids is 1. The third kappa shape index (κ3) is 4.43. The molecule has 4 aromatic heterocycles. The summed E-state index contributed by atoms with van der Waals surface area (Å²) in [7, 11) is 0. The lowest BCUT2D eigenvalue weighted by atomic mass is 10.1. The van der Waals surface area contributed by atoms with E-state index in [1.165, 1.54) is 11.3 Å². The van der Waals surface area contributed by atoms with Gasteiger partial charge in [0.05, 0.1) is 12.0 Å². The molecule has 4 aromatic rings. The van der Waals surface area contributed by atoms with Crippen LogP contribution in [-0.2, 0) is 28.7 Å². The number of aromatic nitrogens is 5. The zero-order chi connectivity index (χ0) is 22.2. The first-order chi connectivity index (χ1) is 14.7. The van der Waals surface area contributed by atoms with Gasteiger partial charge in [0.15, 0.2) is 10.8 Å². The van der Waals surface area contributed by atoms with Gasteiger partial charge in [-0.25, -0.2) is 14.5 Å². The topological polar surface area (TPSA) is 95.4 Å². The molecule has 31 heavy (non-hydrogen) atoms. The highest BCUT2D eigenvalue weighted by molar-refractivity contribution is 7.13. The van der Waals surface area contributed by atoms with E-state index in [4.69, 9.17) is 9.15 Å². The van der Waals surface area contributed by atoms with Gasteiger partial charge in [0.25, 0.3) is 11.6 Å². The molecule has 162 valence electrons. The molecule has 0 aliphatic heterocycles. The molecule has 0 atom stereocenters. The van der Waals surface area contributed by atoms with Crippen molar-refractivity contribution >= 4 is 23.1 Å². The van der Waals surface area contributed by atoms with Crippen molar-refractivity contribution in [1.82, 2.24) is 24.6 Å². The highest BCUT2D eigenvalue weighted by Crippen LogP contribution is 2.27. The second-order valence-corrected chi connectivity index (χ2v) is 7.55. The van der Waals surface area contributed by atoms with Crippen LogP contribution in [0, 0.1) is 13.8 Å². The molecule has 0 N–H and O–H groups in total. The lowest BCUT2D eigenvalue weighted by Crippen LogP contribution is -2.11. The highest BCUT2D eigenvalue weighted by Gasteiger charge is 2.37. The number of aryl methyl sites for hydroxylation is 2. The standard InChI is InChI=1S/C19H16F3N5O3S/c1-10-13(11(2)27-18(23-10)25-17(26-27)19(20,21)22)5-6-15(28)30-8-12-9-31-16(24-12)14-4-3-7-29-14/h3-4,7,9H,5-6,8H2,1-2H3. The number of furan rings is 1. The van der Waals surface area contributed by atoms with Crippen molar-refractivity contribution < 1.29 is 27.1 Å². The largest absolute Gasteiger partial charge is 0.462 e. The van der Waals surface area contributed by atoms with Crippen LogP contribution in [0.15, 0.2) is 28.2 Å². The molecule has 0 aliphatic rings. The molecule has 0 bridgehead atoms. The fourth-order valence-electron chi connectivity index (χ4n) is 3.03. The number of ether oxygens (including phenoxy) is 1. The first kappa shape index (κ1) is 21.0. The fraction of sp³-hybridized carbons (Fsp3) is 0.316. The van der Waals surface area contributed by atoms with Crippen LogP contribution in [0.5, 0.6) is 0 Å². The van der Waals surface area contributed by atoms with Crippen molar-refractivity contribution in [2.45, 2.75) is 39.5 Å². The Morgan fingerprint density at radius 1 is 1.26 bits per heavy atom. The molecular formula is C19H16F3N5O3S. The van der Waals surface area contributed by atoms with E-state index in [1.807, 2.05) is 0 Å². The Morgan fingerprint density at radius 2 is 2.06 bits per heavy atom. The summed E-state index contributed by atoms with van der Waals surface area (Å²) in [5, 5.41) is 5.96. The Labute approximate surface area is 177 Å². The lowest BCUT2D eigenvalue weighted by molar-refractivity contribution is -0.145. The van der Waals surface area contributed by atoms with E-state index in [0.717, 1.165) is 4.52 Å². The molecular weight excluding hydrogens is 435 g/mol. The lowest BCUT2D eigenvalue weighted by Gasteiger charge is -2.10. The normalized spacial score (nSPS) is 11.9. The number of fused-ring (bicyclic) bond motifs is 1. The maximum atomic E-state index is 12.9. The second kappa shape index (κ2) is 8.10. The summed E-state index contributed by atoms with van der Waals surface area (Å²) >= 11 is 1.38. The van der Waals surface area contributed by atoms with Crippen molar-refractivity contribution in [2.75, 3.05) is 0 Å². The SMILES string of the molecule is Cc1nc2nc(C(F)(F)F)nn2c(C)c1CCC(=O)OCc1csc(-c2ccco2)n1. The van der Waals surface area contributed by atoms with E-state index in [-0.39, 0.29) is 25.2 Å². The summed E-state index contributed by atoms with van der Waals surface area (Å²) < 4.78 is 50.2. The molecule has 0 amide bonds. The molecule has 0 spiro atoms. The molecule has 4 rings (SSSR count). The van der Waals surface area contributed by atoms with Gasteiger partial charge in [0, 0.05) is 23.2 Å². The second-order valence-electron chi connectivity index (χ2n) is 6.69. The van der Waals surface area contributed by atoms with Gasteiger partial charge in [-0.2, -0.15) is 18.2 Å². The Bertz CT molecular complexity index is 1230. The summed E-state index contributed by atoms with van der Waals surface area (Å²) in [5.74, 6) is -1.21. The summed E-state index contributed by atoms with van der Waals surface area (Å²) in [4.78, 5) is 24.1. The average molecular weight is 451 g/mol. The van der Waals surface area contributed by atoms with Crippen LogP contribution in [0.2, 0.25) is 0 Å².